The lowest BCUT2D eigenvalue weighted by Crippen LogP contribution is -2.15. The minimum Gasteiger partial charge on any atom is -0.396 e. The average molecular weight is 355 g/mol. The van der Waals surface area contributed by atoms with Gasteiger partial charge in [-0.15, -0.1) is 0 Å². The van der Waals surface area contributed by atoms with Gasteiger partial charge in [-0.25, -0.2) is 0 Å². The third-order valence-corrected chi connectivity index (χ3v) is 5.48. The van der Waals surface area contributed by atoms with E-state index in [0.717, 1.165) is 12.8 Å². The first-order valence-corrected chi connectivity index (χ1v) is 11.1. The van der Waals surface area contributed by atoms with E-state index in [0.29, 0.717) is 11.8 Å². The maximum absolute atomic E-state index is 9.12. The molecule has 2 N–H and O–H groups in total. The lowest BCUT2D eigenvalue weighted by atomic mass is 9.85. The summed E-state index contributed by atoms with van der Waals surface area (Å²) in [5, 5.41) is 18.2. The number of aliphatic hydroxyl groups excluding tert-OH is 2. The number of unbranched alkanes of at least 4 members (excludes halogenated alkanes) is 10. The van der Waals surface area contributed by atoms with E-state index in [1.54, 1.807) is 0 Å². The van der Waals surface area contributed by atoms with Gasteiger partial charge in [0, 0.05) is 13.2 Å². The second-order valence-electron chi connectivity index (χ2n) is 7.78. The fourth-order valence-corrected chi connectivity index (χ4v) is 3.64. The molecule has 0 aromatic heterocycles. The van der Waals surface area contributed by atoms with E-state index in [1.165, 1.54) is 83.5 Å². The molecule has 1 unspecified atom stereocenters. The summed E-state index contributed by atoms with van der Waals surface area (Å²) in [5.41, 5.74) is 0. The third-order valence-electron chi connectivity index (χ3n) is 5.48. The van der Waals surface area contributed by atoms with Crippen LogP contribution < -0.4 is 0 Å². The van der Waals surface area contributed by atoms with E-state index in [4.69, 9.17) is 10.2 Å². The molecule has 0 fully saturated rings. The van der Waals surface area contributed by atoms with E-state index < -0.39 is 0 Å². The molecule has 2 nitrogen and oxygen atoms in total. The van der Waals surface area contributed by atoms with Crippen molar-refractivity contribution in [2.75, 3.05) is 13.2 Å². The van der Waals surface area contributed by atoms with E-state index in [9.17, 15) is 0 Å². The second-order valence-corrected chi connectivity index (χ2v) is 7.78. The fraction of sp³-hybridized carbons (Fsp3) is 0.913. The van der Waals surface area contributed by atoms with E-state index >= 15 is 0 Å². The van der Waals surface area contributed by atoms with Crippen LogP contribution in [0.3, 0.4) is 0 Å². The summed E-state index contributed by atoms with van der Waals surface area (Å²) in [6.07, 6.45) is 23.8. The minimum absolute atomic E-state index is 0.250. The smallest absolute Gasteiger partial charge is 0.0433 e. The molecule has 0 amide bonds. The molecule has 0 aromatic rings. The summed E-state index contributed by atoms with van der Waals surface area (Å²) >= 11 is 0. The van der Waals surface area contributed by atoms with Crippen molar-refractivity contribution in [1.29, 1.82) is 0 Å². The van der Waals surface area contributed by atoms with Gasteiger partial charge in [0.15, 0.2) is 0 Å². The monoisotopic (exact) mass is 354 g/mol. The number of rotatable bonds is 19. The zero-order chi connectivity index (χ0) is 18.6. The normalized spacial score (nSPS) is 13.2. The molecule has 0 aliphatic carbocycles. The van der Waals surface area contributed by atoms with Gasteiger partial charge in [-0.3, -0.25) is 0 Å². The molecule has 2 heteroatoms. The Kier molecular flexibility index (Phi) is 19.7. The molecule has 0 aliphatic rings. The van der Waals surface area contributed by atoms with Gasteiger partial charge in [-0.05, 0) is 50.4 Å². The zero-order valence-electron chi connectivity index (χ0n) is 17.2. The summed E-state index contributed by atoms with van der Waals surface area (Å²) in [7, 11) is 0. The molecule has 0 radical (unpaired) electrons. The Balaban J connectivity index is 3.41. The van der Waals surface area contributed by atoms with Crippen LogP contribution in [-0.4, -0.2) is 23.4 Å². The fourth-order valence-electron chi connectivity index (χ4n) is 3.64. The maximum atomic E-state index is 9.12. The molecule has 150 valence electrons. The first-order chi connectivity index (χ1) is 12.3. The van der Waals surface area contributed by atoms with Crippen molar-refractivity contribution in [1.82, 2.24) is 0 Å². The van der Waals surface area contributed by atoms with Crippen LogP contribution in [0.5, 0.6) is 0 Å². The first kappa shape index (κ1) is 24.7. The minimum atomic E-state index is 0.250. The van der Waals surface area contributed by atoms with Crippen molar-refractivity contribution in [2.24, 2.45) is 11.8 Å². The highest BCUT2D eigenvalue weighted by Gasteiger charge is 2.15. The van der Waals surface area contributed by atoms with E-state index in [2.05, 4.69) is 26.0 Å². The first-order valence-electron chi connectivity index (χ1n) is 11.1. The highest BCUT2D eigenvalue weighted by atomic mass is 16.3. The quantitative estimate of drug-likeness (QED) is 0.201. The summed E-state index contributed by atoms with van der Waals surface area (Å²) in [6, 6.07) is 0. The van der Waals surface area contributed by atoms with Crippen LogP contribution in [-0.2, 0) is 0 Å². The standard InChI is InChI=1S/C23H46O2/c1-3-4-5-6-7-8-9-10-11-12-13-14-15-16-17-22(2)23(18-20-24)19-21-25/h10-11,22-25H,3-9,12-21H2,1-2H3. The van der Waals surface area contributed by atoms with Gasteiger partial charge in [0.05, 0.1) is 0 Å². The highest BCUT2D eigenvalue weighted by molar-refractivity contribution is 4.81. The summed E-state index contributed by atoms with van der Waals surface area (Å²) in [4.78, 5) is 0. The molecule has 0 rings (SSSR count). The molecule has 1 atom stereocenters. The van der Waals surface area contributed by atoms with Crippen LogP contribution >= 0.6 is 0 Å². The summed E-state index contributed by atoms with van der Waals surface area (Å²) in [5.74, 6) is 1.11. The Morgan fingerprint density at radius 1 is 0.640 bits per heavy atom. The number of hydrogen-bond acceptors (Lipinski definition) is 2. The Morgan fingerprint density at radius 2 is 1.12 bits per heavy atom. The molecule has 0 aliphatic heterocycles. The van der Waals surface area contributed by atoms with Gasteiger partial charge in [-0.2, -0.15) is 0 Å². The molecule has 0 saturated carbocycles. The van der Waals surface area contributed by atoms with E-state index in [1.807, 2.05) is 0 Å². The Labute approximate surface area is 158 Å². The Bertz CT molecular complexity index is 269. The molecule has 0 aromatic carbocycles. The predicted molar refractivity (Wildman–Crippen MR) is 111 cm³/mol. The van der Waals surface area contributed by atoms with Crippen LogP contribution in [0, 0.1) is 11.8 Å². The van der Waals surface area contributed by atoms with Gasteiger partial charge in [0.25, 0.3) is 0 Å². The molecule has 0 heterocycles. The number of hydrogen-bond donors (Lipinski definition) is 2. The van der Waals surface area contributed by atoms with Gasteiger partial charge >= 0.3 is 0 Å². The Morgan fingerprint density at radius 3 is 1.64 bits per heavy atom. The number of aliphatic hydroxyl groups is 2. The van der Waals surface area contributed by atoms with Crippen LogP contribution in [0.4, 0.5) is 0 Å². The van der Waals surface area contributed by atoms with Gasteiger partial charge in [-0.1, -0.05) is 83.8 Å². The zero-order valence-corrected chi connectivity index (χ0v) is 17.2. The topological polar surface area (TPSA) is 40.5 Å². The van der Waals surface area contributed by atoms with E-state index in [-0.39, 0.29) is 13.2 Å². The van der Waals surface area contributed by atoms with Crippen molar-refractivity contribution >= 4 is 0 Å². The third kappa shape index (κ3) is 16.9. The van der Waals surface area contributed by atoms with Crippen LogP contribution in [0.15, 0.2) is 12.2 Å². The van der Waals surface area contributed by atoms with Crippen molar-refractivity contribution in [3.8, 4) is 0 Å². The second kappa shape index (κ2) is 20.0. The molecule has 25 heavy (non-hydrogen) atoms. The van der Waals surface area contributed by atoms with Crippen molar-refractivity contribution < 1.29 is 10.2 Å². The Hall–Kier alpha value is -0.340. The van der Waals surface area contributed by atoms with Crippen LogP contribution in [0.25, 0.3) is 0 Å². The van der Waals surface area contributed by atoms with Gasteiger partial charge < -0.3 is 10.2 Å². The largest absolute Gasteiger partial charge is 0.396 e. The van der Waals surface area contributed by atoms with Crippen LogP contribution in [0.1, 0.15) is 110 Å². The lowest BCUT2D eigenvalue weighted by molar-refractivity contribution is 0.176. The van der Waals surface area contributed by atoms with Crippen LogP contribution in [0.2, 0.25) is 0 Å². The molecular weight excluding hydrogens is 308 g/mol. The van der Waals surface area contributed by atoms with Gasteiger partial charge in [0.1, 0.15) is 0 Å². The highest BCUT2D eigenvalue weighted by Crippen LogP contribution is 2.24. The molecule has 0 spiro atoms. The van der Waals surface area contributed by atoms with Crippen molar-refractivity contribution in [2.45, 2.75) is 110 Å². The van der Waals surface area contributed by atoms with Crippen molar-refractivity contribution in [3.63, 3.8) is 0 Å². The van der Waals surface area contributed by atoms with Gasteiger partial charge in [0.2, 0.25) is 0 Å². The number of allylic oxidation sites excluding steroid dienone is 2. The van der Waals surface area contributed by atoms with Crippen molar-refractivity contribution in [3.05, 3.63) is 12.2 Å². The molecule has 0 bridgehead atoms. The predicted octanol–water partition coefficient (Wildman–Crippen LogP) is 6.65. The average Bonchev–Trinajstić information content (AvgIpc) is 2.61. The SMILES string of the molecule is CCCCCCCCC=CCCCCCCC(C)C(CCO)CCO. The summed E-state index contributed by atoms with van der Waals surface area (Å²) in [6.45, 7) is 5.05. The molecule has 0 saturated heterocycles. The molecular formula is C23H46O2. The summed E-state index contributed by atoms with van der Waals surface area (Å²) < 4.78 is 0. The lowest BCUT2D eigenvalue weighted by Gasteiger charge is -2.22. The maximum Gasteiger partial charge on any atom is 0.0433 e.